The van der Waals surface area contributed by atoms with Gasteiger partial charge in [0.25, 0.3) is 0 Å². The maximum atomic E-state index is 11.0. The van der Waals surface area contributed by atoms with E-state index in [1.807, 2.05) is 18.7 Å². The average Bonchev–Trinajstić information content (AvgIpc) is 2.89. The molecule has 0 amide bonds. The number of nitrogens with zero attached hydrogens (tertiary/aromatic N) is 3. The standard InChI is InChI=1S/C11H17N5O2S/c1-2-4-12-11-13-6-9(16(17)18)10(15-11)14-8-3-5-19-7-8/h6,8H,2-5,7H2,1H3,(H2,12,13,14,15). The summed E-state index contributed by atoms with van der Waals surface area (Å²) in [4.78, 5) is 18.7. The average molecular weight is 283 g/mol. The first-order chi connectivity index (χ1) is 9.20. The Morgan fingerprint density at radius 1 is 1.63 bits per heavy atom. The molecule has 1 atom stereocenters. The Balaban J connectivity index is 2.17. The summed E-state index contributed by atoms with van der Waals surface area (Å²) < 4.78 is 0. The van der Waals surface area contributed by atoms with Gasteiger partial charge in [-0.25, -0.2) is 4.98 Å². The molecule has 0 spiro atoms. The van der Waals surface area contributed by atoms with Crippen LogP contribution in [-0.2, 0) is 0 Å². The molecule has 0 saturated carbocycles. The van der Waals surface area contributed by atoms with Gasteiger partial charge < -0.3 is 10.6 Å². The quantitative estimate of drug-likeness (QED) is 0.610. The molecule has 1 aliphatic rings. The van der Waals surface area contributed by atoms with Crippen LogP contribution in [0.15, 0.2) is 6.20 Å². The maximum absolute atomic E-state index is 11.0. The van der Waals surface area contributed by atoms with E-state index in [9.17, 15) is 10.1 Å². The molecule has 1 unspecified atom stereocenters. The topological polar surface area (TPSA) is 93.0 Å². The monoisotopic (exact) mass is 283 g/mol. The minimum absolute atomic E-state index is 0.0704. The molecule has 1 aliphatic heterocycles. The van der Waals surface area contributed by atoms with Gasteiger partial charge in [0.05, 0.1) is 4.92 Å². The first-order valence-electron chi connectivity index (χ1n) is 6.30. The van der Waals surface area contributed by atoms with E-state index in [4.69, 9.17) is 0 Å². The summed E-state index contributed by atoms with van der Waals surface area (Å²) in [5, 5.41) is 17.2. The van der Waals surface area contributed by atoms with Crippen LogP contribution in [0.2, 0.25) is 0 Å². The number of nitrogens with one attached hydrogen (secondary N) is 2. The molecule has 2 N–H and O–H groups in total. The predicted molar refractivity (Wildman–Crippen MR) is 76.8 cm³/mol. The zero-order chi connectivity index (χ0) is 13.7. The number of hydrogen-bond acceptors (Lipinski definition) is 7. The summed E-state index contributed by atoms with van der Waals surface area (Å²) in [5.41, 5.74) is -0.0704. The summed E-state index contributed by atoms with van der Waals surface area (Å²) >= 11 is 1.84. The Hall–Kier alpha value is -1.57. The van der Waals surface area contributed by atoms with Crippen LogP contribution in [0.4, 0.5) is 17.5 Å². The summed E-state index contributed by atoms with van der Waals surface area (Å²) in [6, 6.07) is 0.248. The fourth-order valence-electron chi connectivity index (χ4n) is 1.78. The molecule has 0 bridgehead atoms. The van der Waals surface area contributed by atoms with Gasteiger partial charge >= 0.3 is 5.69 Å². The molecule has 2 rings (SSSR count). The van der Waals surface area contributed by atoms with Gasteiger partial charge in [-0.1, -0.05) is 6.92 Å². The second kappa shape index (κ2) is 6.55. The Kier molecular flexibility index (Phi) is 4.78. The van der Waals surface area contributed by atoms with Crippen LogP contribution in [0, 0.1) is 10.1 Å². The number of anilines is 2. The van der Waals surface area contributed by atoms with E-state index in [2.05, 4.69) is 20.6 Å². The predicted octanol–water partition coefficient (Wildman–Crippen LogP) is 2.12. The summed E-state index contributed by atoms with van der Waals surface area (Å²) in [5.74, 6) is 2.78. The Morgan fingerprint density at radius 3 is 3.11 bits per heavy atom. The van der Waals surface area contributed by atoms with Crippen molar-refractivity contribution in [3.63, 3.8) is 0 Å². The lowest BCUT2D eigenvalue weighted by Gasteiger charge is -2.12. The lowest BCUT2D eigenvalue weighted by atomic mass is 10.2. The van der Waals surface area contributed by atoms with Crippen LogP contribution in [0.5, 0.6) is 0 Å². The van der Waals surface area contributed by atoms with Crippen molar-refractivity contribution < 1.29 is 4.92 Å². The van der Waals surface area contributed by atoms with Crippen molar-refractivity contribution in [1.29, 1.82) is 0 Å². The summed E-state index contributed by atoms with van der Waals surface area (Å²) in [6.07, 6.45) is 3.21. The molecule has 2 heterocycles. The first-order valence-corrected chi connectivity index (χ1v) is 7.45. The van der Waals surface area contributed by atoms with Crippen LogP contribution in [0.25, 0.3) is 0 Å². The molecule has 0 aliphatic carbocycles. The van der Waals surface area contributed by atoms with E-state index in [0.717, 1.165) is 30.9 Å². The van der Waals surface area contributed by atoms with Crippen LogP contribution < -0.4 is 10.6 Å². The van der Waals surface area contributed by atoms with Crippen LogP contribution in [0.1, 0.15) is 19.8 Å². The molecule has 1 aromatic heterocycles. The van der Waals surface area contributed by atoms with Crippen LogP contribution in [-0.4, -0.2) is 39.0 Å². The largest absolute Gasteiger partial charge is 0.361 e. The van der Waals surface area contributed by atoms with Gasteiger partial charge in [0.1, 0.15) is 6.20 Å². The Morgan fingerprint density at radius 2 is 2.47 bits per heavy atom. The highest BCUT2D eigenvalue weighted by Gasteiger charge is 2.22. The molecule has 0 radical (unpaired) electrons. The molecular formula is C11H17N5O2S. The molecule has 1 saturated heterocycles. The molecule has 7 nitrogen and oxygen atoms in total. The highest BCUT2D eigenvalue weighted by Crippen LogP contribution is 2.26. The first kappa shape index (κ1) is 13.9. The van der Waals surface area contributed by atoms with Crippen molar-refractivity contribution in [2.45, 2.75) is 25.8 Å². The third-order valence-corrected chi connectivity index (χ3v) is 3.93. The number of hydrogen-bond donors (Lipinski definition) is 2. The molecule has 19 heavy (non-hydrogen) atoms. The van der Waals surface area contributed by atoms with Gasteiger partial charge in [0.2, 0.25) is 11.8 Å². The minimum atomic E-state index is -0.450. The summed E-state index contributed by atoms with van der Waals surface area (Å²) in [7, 11) is 0. The second-order valence-corrected chi connectivity index (χ2v) is 5.47. The Labute approximate surface area is 115 Å². The number of aromatic nitrogens is 2. The van der Waals surface area contributed by atoms with Crippen molar-refractivity contribution in [1.82, 2.24) is 9.97 Å². The van der Waals surface area contributed by atoms with Gasteiger partial charge in [-0.2, -0.15) is 16.7 Å². The Bertz CT molecular complexity index is 451. The zero-order valence-corrected chi connectivity index (χ0v) is 11.6. The van der Waals surface area contributed by atoms with E-state index in [1.54, 1.807) is 0 Å². The van der Waals surface area contributed by atoms with Gasteiger partial charge in [-0.15, -0.1) is 0 Å². The fourth-order valence-corrected chi connectivity index (χ4v) is 2.93. The van der Waals surface area contributed by atoms with E-state index >= 15 is 0 Å². The fraction of sp³-hybridized carbons (Fsp3) is 0.636. The highest BCUT2D eigenvalue weighted by molar-refractivity contribution is 7.99. The van der Waals surface area contributed by atoms with Crippen molar-refractivity contribution in [3.05, 3.63) is 16.3 Å². The second-order valence-electron chi connectivity index (χ2n) is 4.32. The molecular weight excluding hydrogens is 266 g/mol. The molecule has 0 aromatic carbocycles. The lowest BCUT2D eigenvalue weighted by Crippen LogP contribution is -2.20. The normalized spacial score (nSPS) is 18.3. The smallest absolute Gasteiger partial charge is 0.329 e. The van der Waals surface area contributed by atoms with Crippen LogP contribution in [0.3, 0.4) is 0 Å². The number of thioether (sulfide) groups is 1. The van der Waals surface area contributed by atoms with Crippen molar-refractivity contribution in [2.24, 2.45) is 0 Å². The van der Waals surface area contributed by atoms with E-state index < -0.39 is 4.92 Å². The molecule has 1 aromatic rings. The zero-order valence-electron chi connectivity index (χ0n) is 10.8. The molecule has 8 heteroatoms. The van der Waals surface area contributed by atoms with Gasteiger partial charge in [0.15, 0.2) is 0 Å². The van der Waals surface area contributed by atoms with Gasteiger partial charge in [-0.3, -0.25) is 10.1 Å². The van der Waals surface area contributed by atoms with Gasteiger partial charge in [0, 0.05) is 18.3 Å². The van der Waals surface area contributed by atoms with Gasteiger partial charge in [-0.05, 0) is 18.6 Å². The number of nitro groups is 1. The van der Waals surface area contributed by atoms with E-state index in [0.29, 0.717) is 11.8 Å². The van der Waals surface area contributed by atoms with E-state index in [1.165, 1.54) is 6.20 Å². The molecule has 104 valence electrons. The third kappa shape index (κ3) is 3.69. The van der Waals surface area contributed by atoms with Crippen molar-refractivity contribution in [2.75, 3.05) is 28.7 Å². The highest BCUT2D eigenvalue weighted by atomic mass is 32.2. The lowest BCUT2D eigenvalue weighted by molar-refractivity contribution is -0.384. The minimum Gasteiger partial charge on any atom is -0.361 e. The van der Waals surface area contributed by atoms with Crippen molar-refractivity contribution in [3.8, 4) is 0 Å². The van der Waals surface area contributed by atoms with Crippen LogP contribution >= 0.6 is 11.8 Å². The number of rotatable bonds is 6. The SMILES string of the molecule is CCCNc1ncc([N+](=O)[O-])c(NC2CCSC2)n1. The third-order valence-electron chi connectivity index (χ3n) is 2.77. The maximum Gasteiger partial charge on any atom is 0.329 e. The van der Waals surface area contributed by atoms with E-state index in [-0.39, 0.29) is 11.7 Å². The molecule has 1 fully saturated rings. The van der Waals surface area contributed by atoms with Crippen molar-refractivity contribution >= 4 is 29.2 Å². The summed E-state index contributed by atoms with van der Waals surface area (Å²) in [6.45, 7) is 2.78.